The minimum Gasteiger partial charge on any atom is -0.368 e. The minimum absolute atomic E-state index is 0.255. The maximum atomic E-state index is 10.7. The number of rotatable bonds is 8. The lowest BCUT2D eigenvalue weighted by Crippen LogP contribution is -2.43. The summed E-state index contributed by atoms with van der Waals surface area (Å²) in [4.78, 5) is 10.7. The van der Waals surface area contributed by atoms with E-state index in [-0.39, 0.29) is 5.75 Å². The van der Waals surface area contributed by atoms with E-state index in [0.29, 0.717) is 30.4 Å². The average molecular weight is 288 g/mol. The monoisotopic (exact) mass is 287 g/mol. The molecule has 0 aliphatic carbocycles. The lowest BCUT2D eigenvalue weighted by atomic mass is 10.2. The van der Waals surface area contributed by atoms with Crippen molar-refractivity contribution in [2.24, 2.45) is 5.73 Å². The first kappa shape index (κ1) is 16.6. The van der Waals surface area contributed by atoms with Gasteiger partial charge in [-0.2, -0.15) is 8.42 Å². The largest absolute Gasteiger partial charge is 0.368 e. The number of carbonyl (C=O) groups is 1. The highest BCUT2D eigenvalue weighted by atomic mass is 35.5. The third kappa shape index (κ3) is 9.34. The van der Waals surface area contributed by atoms with Gasteiger partial charge in [-0.15, -0.1) is 11.6 Å². The minimum atomic E-state index is -3.90. The van der Waals surface area contributed by atoms with E-state index in [2.05, 4.69) is 0 Å². The molecule has 0 aromatic carbocycles. The number of hydrogen-bond donors (Lipinski definition) is 2. The number of halogens is 1. The predicted octanol–water partition coefficient (Wildman–Crippen LogP) is -0.176. The molecule has 0 rings (SSSR count). The molecule has 1 unspecified atom stereocenters. The molecule has 0 aliphatic heterocycles. The first-order valence-electron chi connectivity index (χ1n) is 5.24. The molecule has 0 saturated carbocycles. The SMILES string of the molecule is C[N+](C)(CCCS(=O)(=O)O)CCC(Cl)C(N)=O. The van der Waals surface area contributed by atoms with Crippen LogP contribution in [-0.2, 0) is 14.9 Å². The average Bonchev–Trinajstić information content (AvgIpc) is 2.11. The number of primary amides is 1. The molecule has 8 heteroatoms. The topological polar surface area (TPSA) is 97.5 Å². The predicted molar refractivity (Wildman–Crippen MR) is 66.3 cm³/mol. The summed E-state index contributed by atoms with van der Waals surface area (Å²) in [5.74, 6) is -0.806. The Hall–Kier alpha value is -0.370. The van der Waals surface area contributed by atoms with Crippen molar-refractivity contribution < 1.29 is 22.2 Å². The fraction of sp³-hybridized carbons (Fsp3) is 0.889. The van der Waals surface area contributed by atoms with E-state index in [4.69, 9.17) is 21.9 Å². The van der Waals surface area contributed by atoms with Crippen LogP contribution in [0, 0.1) is 0 Å². The quantitative estimate of drug-likeness (QED) is 0.368. The Morgan fingerprint density at radius 2 is 1.94 bits per heavy atom. The Balaban J connectivity index is 4.00. The maximum absolute atomic E-state index is 10.7. The lowest BCUT2D eigenvalue weighted by Gasteiger charge is -2.30. The standard InChI is InChI=1S/C9H19ClN2O4S/c1-12(2,5-3-7-17(14,15)16)6-4-8(10)9(11)13/h8H,3-7H2,1-2H3,(H2-,11,13,14,15,16)/p+1. The summed E-state index contributed by atoms with van der Waals surface area (Å²) < 4.78 is 30.2. The number of nitrogens with two attached hydrogens (primary N) is 1. The Bertz CT molecular complexity index is 356. The van der Waals surface area contributed by atoms with E-state index in [0.717, 1.165) is 0 Å². The highest BCUT2D eigenvalue weighted by Gasteiger charge is 2.20. The van der Waals surface area contributed by atoms with Crippen LogP contribution in [0.5, 0.6) is 0 Å². The molecule has 0 saturated heterocycles. The van der Waals surface area contributed by atoms with Gasteiger partial charge < -0.3 is 10.2 Å². The molecule has 0 aliphatic rings. The number of carbonyl (C=O) groups excluding carboxylic acids is 1. The Kier molecular flexibility index (Phi) is 6.39. The second-order valence-electron chi connectivity index (χ2n) is 4.68. The molecule has 1 amide bonds. The molecule has 17 heavy (non-hydrogen) atoms. The van der Waals surface area contributed by atoms with Crippen LogP contribution >= 0.6 is 11.6 Å². The Morgan fingerprint density at radius 3 is 2.35 bits per heavy atom. The molecule has 3 N–H and O–H groups in total. The van der Waals surface area contributed by atoms with Crippen LogP contribution in [0.25, 0.3) is 0 Å². The summed E-state index contributed by atoms with van der Waals surface area (Å²) in [6.45, 7) is 1.19. The van der Waals surface area contributed by atoms with Crippen LogP contribution in [0.3, 0.4) is 0 Å². The summed E-state index contributed by atoms with van der Waals surface area (Å²) in [7, 11) is -0.107. The van der Waals surface area contributed by atoms with Crippen molar-refractivity contribution in [1.29, 1.82) is 0 Å². The Morgan fingerprint density at radius 1 is 1.41 bits per heavy atom. The van der Waals surface area contributed by atoms with Gasteiger partial charge in [0, 0.05) is 12.8 Å². The lowest BCUT2D eigenvalue weighted by molar-refractivity contribution is -0.890. The smallest absolute Gasteiger partial charge is 0.265 e. The maximum Gasteiger partial charge on any atom is 0.265 e. The van der Waals surface area contributed by atoms with Gasteiger partial charge in [0.25, 0.3) is 10.1 Å². The summed E-state index contributed by atoms with van der Waals surface area (Å²) in [6, 6.07) is 0. The Labute approximate surface area is 107 Å². The van der Waals surface area contributed by atoms with Gasteiger partial charge in [-0.1, -0.05) is 0 Å². The molecule has 0 spiro atoms. The van der Waals surface area contributed by atoms with E-state index >= 15 is 0 Å². The highest BCUT2D eigenvalue weighted by molar-refractivity contribution is 7.85. The van der Waals surface area contributed by atoms with Crippen LogP contribution in [0.15, 0.2) is 0 Å². The van der Waals surface area contributed by atoms with Crippen molar-refractivity contribution in [3.63, 3.8) is 0 Å². The van der Waals surface area contributed by atoms with Crippen molar-refractivity contribution in [3.8, 4) is 0 Å². The zero-order valence-corrected chi connectivity index (χ0v) is 11.7. The first-order chi connectivity index (χ1) is 7.53. The van der Waals surface area contributed by atoms with Gasteiger partial charge in [0.2, 0.25) is 5.91 Å². The molecule has 0 aromatic rings. The molecule has 102 valence electrons. The van der Waals surface area contributed by atoms with Gasteiger partial charge >= 0.3 is 0 Å². The number of quaternary nitrogens is 1. The summed E-state index contributed by atoms with van der Waals surface area (Å²) >= 11 is 5.71. The van der Waals surface area contributed by atoms with Crippen LogP contribution < -0.4 is 5.73 Å². The second-order valence-corrected chi connectivity index (χ2v) is 6.78. The van der Waals surface area contributed by atoms with E-state index < -0.39 is 21.4 Å². The van der Waals surface area contributed by atoms with Crippen LogP contribution in [-0.4, -0.2) is 61.7 Å². The van der Waals surface area contributed by atoms with Gasteiger partial charge in [-0.05, 0) is 0 Å². The molecular weight excluding hydrogens is 268 g/mol. The fourth-order valence-electron chi connectivity index (χ4n) is 1.39. The number of hydrogen-bond acceptors (Lipinski definition) is 3. The summed E-state index contributed by atoms with van der Waals surface area (Å²) in [5.41, 5.74) is 5.03. The van der Waals surface area contributed by atoms with Gasteiger partial charge in [-0.25, -0.2) is 0 Å². The molecule has 0 bridgehead atoms. The number of amides is 1. The van der Waals surface area contributed by atoms with Crippen molar-refractivity contribution in [2.75, 3.05) is 32.9 Å². The molecule has 1 atom stereocenters. The van der Waals surface area contributed by atoms with Crippen molar-refractivity contribution in [3.05, 3.63) is 0 Å². The zero-order valence-electron chi connectivity index (χ0n) is 10.1. The second kappa shape index (κ2) is 6.53. The third-order valence-corrected chi connectivity index (χ3v) is 3.70. The highest BCUT2D eigenvalue weighted by Crippen LogP contribution is 2.08. The first-order valence-corrected chi connectivity index (χ1v) is 7.29. The van der Waals surface area contributed by atoms with E-state index in [1.54, 1.807) is 0 Å². The third-order valence-electron chi connectivity index (χ3n) is 2.46. The van der Waals surface area contributed by atoms with Gasteiger partial charge in [0.1, 0.15) is 5.38 Å². The fourth-order valence-corrected chi connectivity index (χ4v) is 1.98. The molecule has 0 fully saturated rings. The summed E-state index contributed by atoms with van der Waals surface area (Å²) in [5, 5.41) is -0.700. The summed E-state index contributed by atoms with van der Waals surface area (Å²) in [6.07, 6.45) is 0.797. The zero-order chi connectivity index (χ0) is 13.7. The molecule has 6 nitrogen and oxygen atoms in total. The van der Waals surface area contributed by atoms with Gasteiger partial charge in [0.05, 0.1) is 32.9 Å². The van der Waals surface area contributed by atoms with Crippen LogP contribution in [0.2, 0.25) is 0 Å². The van der Waals surface area contributed by atoms with E-state index in [1.165, 1.54) is 0 Å². The van der Waals surface area contributed by atoms with Gasteiger partial charge in [0.15, 0.2) is 0 Å². The van der Waals surface area contributed by atoms with Crippen molar-refractivity contribution in [1.82, 2.24) is 0 Å². The normalized spacial score (nSPS) is 14.6. The van der Waals surface area contributed by atoms with Crippen LogP contribution in [0.1, 0.15) is 12.8 Å². The van der Waals surface area contributed by atoms with E-state index in [9.17, 15) is 13.2 Å². The van der Waals surface area contributed by atoms with Crippen molar-refractivity contribution >= 4 is 27.6 Å². The number of nitrogens with zero attached hydrogens (tertiary/aromatic N) is 1. The van der Waals surface area contributed by atoms with Crippen LogP contribution in [0.4, 0.5) is 0 Å². The number of alkyl halides is 1. The molecule has 0 heterocycles. The molecular formula is C9H20ClN2O4S+. The molecule has 0 radical (unpaired) electrons. The van der Waals surface area contributed by atoms with Gasteiger partial charge in [-0.3, -0.25) is 9.35 Å². The van der Waals surface area contributed by atoms with E-state index in [1.807, 2.05) is 14.1 Å². The van der Waals surface area contributed by atoms with Crippen molar-refractivity contribution in [2.45, 2.75) is 18.2 Å². The molecule has 0 aromatic heterocycles.